The summed E-state index contributed by atoms with van der Waals surface area (Å²) in [5.41, 5.74) is -2.93. The average Bonchev–Trinajstić information content (AvgIpc) is 3.79. The van der Waals surface area contributed by atoms with Crippen LogP contribution in [0.25, 0.3) is 11.5 Å². The molecule has 1 fully saturated rings. The quantitative estimate of drug-likeness (QED) is 0.0952. The molecular formula is C36H41F4N3O10. The van der Waals surface area contributed by atoms with E-state index < -0.39 is 76.5 Å². The van der Waals surface area contributed by atoms with E-state index in [1.807, 2.05) is 0 Å². The predicted molar refractivity (Wildman–Crippen MR) is 177 cm³/mol. The minimum absolute atomic E-state index is 0.0595. The largest absolute Gasteiger partial charge is 0.489 e. The highest BCUT2D eigenvalue weighted by molar-refractivity contribution is 5.97. The molecule has 1 heterocycles. The van der Waals surface area contributed by atoms with Crippen molar-refractivity contribution in [1.82, 2.24) is 15.6 Å². The SMILES string of the molecule is CCC(C)(C)C(=O)OOC(=O)C(NC(=O)c1nc(-c2ccc(OC(F)F)c(OCC3CC3)c2)oc1C(C)NC(=O)OC(C)(C)C)c1ccc(F)cc1F. The molecule has 0 aliphatic heterocycles. The number of hydrogen-bond acceptors (Lipinski definition) is 11. The topological polar surface area (TPSA) is 165 Å². The number of alkyl halides is 2. The molecule has 2 unspecified atom stereocenters. The minimum Gasteiger partial charge on any atom is -0.489 e. The molecule has 1 aromatic heterocycles. The van der Waals surface area contributed by atoms with Gasteiger partial charge in [0.15, 0.2) is 29.0 Å². The number of aromatic nitrogens is 1. The third-order valence-corrected chi connectivity index (χ3v) is 7.99. The Labute approximate surface area is 302 Å². The lowest BCUT2D eigenvalue weighted by atomic mass is 9.91. The summed E-state index contributed by atoms with van der Waals surface area (Å²) >= 11 is 0. The number of benzene rings is 2. The summed E-state index contributed by atoms with van der Waals surface area (Å²) in [6, 6.07) is 2.82. The number of rotatable bonds is 14. The number of carbonyl (C=O) groups is 4. The Hall–Kier alpha value is -5.35. The van der Waals surface area contributed by atoms with Crippen LogP contribution in [0.3, 0.4) is 0 Å². The Kier molecular flexibility index (Phi) is 12.6. The van der Waals surface area contributed by atoms with Crippen molar-refractivity contribution >= 4 is 23.9 Å². The van der Waals surface area contributed by atoms with Crippen molar-refractivity contribution in [2.75, 3.05) is 6.61 Å². The lowest BCUT2D eigenvalue weighted by Crippen LogP contribution is -2.38. The molecule has 53 heavy (non-hydrogen) atoms. The molecular weight excluding hydrogens is 710 g/mol. The molecule has 13 nitrogen and oxygen atoms in total. The van der Waals surface area contributed by atoms with Crippen LogP contribution in [0.2, 0.25) is 0 Å². The van der Waals surface area contributed by atoms with Crippen molar-refractivity contribution in [3.63, 3.8) is 0 Å². The molecule has 17 heteroatoms. The van der Waals surface area contributed by atoms with Gasteiger partial charge >= 0.3 is 24.6 Å². The second-order valence-electron chi connectivity index (χ2n) is 14.0. The number of hydrogen-bond donors (Lipinski definition) is 2. The van der Waals surface area contributed by atoms with Gasteiger partial charge in [0.25, 0.3) is 5.91 Å². The standard InChI is InChI=1S/C36H41F4N3O10/c1-8-36(6,7)32(46)53-52-31(45)26(22-13-12-21(37)16-23(22)38)42-29(44)27-28(18(2)41-34(47)51-35(3,4)5)50-30(43-27)20-11-14-24(49-33(39)40)25(15-20)48-17-19-9-10-19/h11-16,18-19,26,33H,8-10,17H2,1-7H3,(H,41,47)(H,42,44). The Morgan fingerprint density at radius 1 is 0.962 bits per heavy atom. The van der Waals surface area contributed by atoms with E-state index >= 15 is 4.39 Å². The Morgan fingerprint density at radius 3 is 2.26 bits per heavy atom. The summed E-state index contributed by atoms with van der Waals surface area (Å²) in [4.78, 5) is 66.1. The summed E-state index contributed by atoms with van der Waals surface area (Å²) in [5, 5.41) is 4.77. The van der Waals surface area contributed by atoms with Crippen LogP contribution in [0.1, 0.15) is 102 Å². The van der Waals surface area contributed by atoms with E-state index in [0.29, 0.717) is 12.5 Å². The zero-order chi connectivity index (χ0) is 39.2. The highest BCUT2D eigenvalue weighted by Crippen LogP contribution is 2.37. The average molecular weight is 752 g/mol. The van der Waals surface area contributed by atoms with Crippen LogP contribution in [0.4, 0.5) is 22.4 Å². The highest BCUT2D eigenvalue weighted by Gasteiger charge is 2.36. The van der Waals surface area contributed by atoms with E-state index in [4.69, 9.17) is 23.7 Å². The highest BCUT2D eigenvalue weighted by atomic mass is 19.3. The molecule has 3 aromatic rings. The first-order valence-corrected chi connectivity index (χ1v) is 16.7. The van der Waals surface area contributed by atoms with Gasteiger partial charge in [0.05, 0.1) is 18.1 Å². The molecule has 288 valence electrons. The number of amides is 2. The summed E-state index contributed by atoms with van der Waals surface area (Å²) < 4.78 is 76.8. The molecule has 1 aliphatic carbocycles. The van der Waals surface area contributed by atoms with Crippen LogP contribution in [-0.4, -0.2) is 47.7 Å². The summed E-state index contributed by atoms with van der Waals surface area (Å²) in [6.45, 7) is 8.13. The summed E-state index contributed by atoms with van der Waals surface area (Å²) in [7, 11) is 0. The maximum absolute atomic E-state index is 15.1. The van der Waals surface area contributed by atoms with E-state index in [2.05, 4.69) is 20.4 Å². The molecule has 2 aromatic carbocycles. The van der Waals surface area contributed by atoms with Crippen molar-refractivity contribution < 1.29 is 65.1 Å². The third kappa shape index (κ3) is 11.1. The lowest BCUT2D eigenvalue weighted by Gasteiger charge is -2.22. The summed E-state index contributed by atoms with van der Waals surface area (Å²) in [5.74, 6) is -6.43. The molecule has 4 rings (SSSR count). The van der Waals surface area contributed by atoms with Crippen molar-refractivity contribution in [1.29, 1.82) is 0 Å². The first-order valence-electron chi connectivity index (χ1n) is 16.7. The number of nitrogens with zero attached hydrogens (tertiary/aromatic N) is 1. The zero-order valence-electron chi connectivity index (χ0n) is 30.1. The van der Waals surface area contributed by atoms with Crippen LogP contribution in [0.5, 0.6) is 11.5 Å². The monoisotopic (exact) mass is 751 g/mol. The van der Waals surface area contributed by atoms with Gasteiger partial charge in [-0.2, -0.15) is 8.78 Å². The van der Waals surface area contributed by atoms with Gasteiger partial charge < -0.3 is 29.3 Å². The van der Waals surface area contributed by atoms with Crippen LogP contribution in [-0.2, 0) is 24.1 Å². The normalized spacial score (nSPS) is 14.2. The molecule has 1 saturated carbocycles. The van der Waals surface area contributed by atoms with E-state index in [1.54, 1.807) is 27.7 Å². The van der Waals surface area contributed by atoms with Gasteiger partial charge in [-0.05, 0) is 91.0 Å². The smallest absolute Gasteiger partial charge is 0.408 e. The van der Waals surface area contributed by atoms with Crippen LogP contribution in [0.15, 0.2) is 40.8 Å². The molecule has 2 N–H and O–H groups in total. The molecule has 0 spiro atoms. The van der Waals surface area contributed by atoms with Gasteiger partial charge in [-0.15, -0.1) is 0 Å². The molecule has 1 aliphatic rings. The maximum Gasteiger partial charge on any atom is 0.408 e. The molecule has 0 bridgehead atoms. The Balaban J connectivity index is 1.74. The van der Waals surface area contributed by atoms with E-state index in [0.717, 1.165) is 25.0 Å². The molecule has 2 atom stereocenters. The Bertz CT molecular complexity index is 1820. The molecule has 2 amide bonds. The van der Waals surface area contributed by atoms with Crippen molar-refractivity contribution in [2.45, 2.75) is 92.0 Å². The zero-order valence-corrected chi connectivity index (χ0v) is 30.1. The number of oxazole rings is 1. The van der Waals surface area contributed by atoms with Gasteiger partial charge in [-0.25, -0.2) is 37.9 Å². The molecule has 0 saturated heterocycles. The summed E-state index contributed by atoms with van der Waals surface area (Å²) in [6.07, 6.45) is 1.22. The minimum atomic E-state index is -3.15. The molecule has 0 radical (unpaired) electrons. The number of carbonyl (C=O) groups excluding carboxylic acids is 4. The Morgan fingerprint density at radius 2 is 1.66 bits per heavy atom. The second kappa shape index (κ2) is 16.5. The van der Waals surface area contributed by atoms with Gasteiger partial charge in [0.2, 0.25) is 5.89 Å². The fourth-order valence-electron chi connectivity index (χ4n) is 4.48. The van der Waals surface area contributed by atoms with Crippen molar-refractivity contribution in [2.24, 2.45) is 11.3 Å². The number of nitrogens with one attached hydrogen (secondary N) is 2. The van der Waals surface area contributed by atoms with Gasteiger partial charge in [0.1, 0.15) is 17.2 Å². The van der Waals surface area contributed by atoms with E-state index in [9.17, 15) is 32.3 Å². The van der Waals surface area contributed by atoms with Crippen LogP contribution < -0.4 is 20.1 Å². The first kappa shape index (κ1) is 40.4. The first-order chi connectivity index (χ1) is 24.8. The number of halogens is 4. The van der Waals surface area contributed by atoms with Crippen LogP contribution >= 0.6 is 0 Å². The van der Waals surface area contributed by atoms with Gasteiger partial charge in [0, 0.05) is 17.2 Å². The number of alkyl carbamates (subject to hydrolysis) is 1. The van der Waals surface area contributed by atoms with Crippen LogP contribution in [0, 0.1) is 23.0 Å². The third-order valence-electron chi connectivity index (χ3n) is 7.99. The van der Waals surface area contributed by atoms with Crippen molar-refractivity contribution in [3.8, 4) is 23.0 Å². The van der Waals surface area contributed by atoms with Gasteiger partial charge in [-0.1, -0.05) is 13.0 Å². The maximum atomic E-state index is 15.1. The van der Waals surface area contributed by atoms with E-state index in [1.165, 1.54) is 39.0 Å². The lowest BCUT2D eigenvalue weighted by molar-refractivity contribution is -0.267. The van der Waals surface area contributed by atoms with Crippen molar-refractivity contribution in [3.05, 3.63) is 65.1 Å². The van der Waals surface area contributed by atoms with Gasteiger partial charge in [-0.3, -0.25) is 4.79 Å². The fourth-order valence-corrected chi connectivity index (χ4v) is 4.48. The predicted octanol–water partition coefficient (Wildman–Crippen LogP) is 7.50. The second-order valence-corrected chi connectivity index (χ2v) is 14.0. The number of ether oxygens (including phenoxy) is 3. The van der Waals surface area contributed by atoms with E-state index in [-0.39, 0.29) is 41.2 Å². The fraction of sp³-hybridized carbons (Fsp3) is 0.472.